The molecule has 20 heavy (non-hydrogen) atoms. The second kappa shape index (κ2) is 6.41. The lowest BCUT2D eigenvalue weighted by atomic mass is 9.93. The van der Waals surface area contributed by atoms with Crippen LogP contribution in [0.25, 0.3) is 0 Å². The number of nitrogens with one attached hydrogen (secondary N) is 1. The van der Waals surface area contributed by atoms with Crippen molar-refractivity contribution in [1.82, 2.24) is 9.62 Å². The van der Waals surface area contributed by atoms with Gasteiger partial charge in [-0.05, 0) is 38.1 Å². The SMILES string of the molecule is CS(=O)(=O)NC1CCN(C(=O)C2CCCC2CN)CC1. The van der Waals surface area contributed by atoms with Crippen molar-refractivity contribution in [2.75, 3.05) is 25.9 Å². The Labute approximate surface area is 121 Å². The maximum atomic E-state index is 12.5. The monoisotopic (exact) mass is 303 g/mol. The van der Waals surface area contributed by atoms with Crippen LogP contribution < -0.4 is 10.5 Å². The third-order valence-electron chi connectivity index (χ3n) is 4.47. The predicted molar refractivity (Wildman–Crippen MR) is 77.5 cm³/mol. The van der Waals surface area contributed by atoms with E-state index < -0.39 is 10.0 Å². The summed E-state index contributed by atoms with van der Waals surface area (Å²) in [5.41, 5.74) is 5.74. The topological polar surface area (TPSA) is 92.5 Å². The molecule has 2 atom stereocenters. The van der Waals surface area contributed by atoms with Gasteiger partial charge in [0.05, 0.1) is 6.26 Å². The maximum Gasteiger partial charge on any atom is 0.226 e. The summed E-state index contributed by atoms with van der Waals surface area (Å²) in [7, 11) is -3.16. The van der Waals surface area contributed by atoms with Gasteiger partial charge in [0.1, 0.15) is 0 Å². The molecule has 2 rings (SSSR count). The van der Waals surface area contributed by atoms with Crippen LogP contribution >= 0.6 is 0 Å². The third-order valence-corrected chi connectivity index (χ3v) is 5.23. The van der Waals surface area contributed by atoms with Crippen LogP contribution in [0.4, 0.5) is 0 Å². The Morgan fingerprint density at radius 1 is 1.25 bits per heavy atom. The molecule has 1 aliphatic heterocycles. The highest BCUT2D eigenvalue weighted by molar-refractivity contribution is 7.88. The zero-order chi connectivity index (χ0) is 14.8. The molecule has 3 N–H and O–H groups in total. The first-order chi connectivity index (χ1) is 9.40. The van der Waals surface area contributed by atoms with E-state index in [1.807, 2.05) is 4.90 Å². The highest BCUT2D eigenvalue weighted by Gasteiger charge is 2.36. The number of amides is 1. The van der Waals surface area contributed by atoms with Gasteiger partial charge in [0.15, 0.2) is 0 Å². The van der Waals surface area contributed by atoms with Gasteiger partial charge in [0.2, 0.25) is 15.9 Å². The van der Waals surface area contributed by atoms with Gasteiger partial charge in [0, 0.05) is 25.0 Å². The molecule has 116 valence electrons. The molecule has 0 bridgehead atoms. The van der Waals surface area contributed by atoms with Gasteiger partial charge in [-0.1, -0.05) is 6.42 Å². The van der Waals surface area contributed by atoms with Crippen molar-refractivity contribution in [3.05, 3.63) is 0 Å². The van der Waals surface area contributed by atoms with Crippen LogP contribution in [0.15, 0.2) is 0 Å². The van der Waals surface area contributed by atoms with Gasteiger partial charge < -0.3 is 10.6 Å². The largest absolute Gasteiger partial charge is 0.342 e. The van der Waals surface area contributed by atoms with Crippen LogP contribution in [-0.4, -0.2) is 51.2 Å². The summed E-state index contributed by atoms with van der Waals surface area (Å²) >= 11 is 0. The molecule has 1 saturated heterocycles. The third kappa shape index (κ3) is 3.93. The Morgan fingerprint density at radius 3 is 2.45 bits per heavy atom. The number of nitrogens with zero attached hydrogens (tertiary/aromatic N) is 1. The molecule has 0 aromatic heterocycles. The van der Waals surface area contributed by atoms with E-state index in [2.05, 4.69) is 4.72 Å². The van der Waals surface area contributed by atoms with E-state index in [-0.39, 0.29) is 17.9 Å². The van der Waals surface area contributed by atoms with Crippen molar-refractivity contribution in [3.8, 4) is 0 Å². The molecule has 2 aliphatic rings. The molecule has 1 saturated carbocycles. The number of sulfonamides is 1. The second-order valence-electron chi connectivity index (χ2n) is 6.02. The molecule has 1 amide bonds. The standard InChI is InChI=1S/C13H25N3O3S/c1-20(18,19)15-11-5-7-16(8-6-11)13(17)12-4-2-3-10(12)9-14/h10-12,15H,2-9,14H2,1H3. The Kier molecular flexibility index (Phi) is 5.04. The second-order valence-corrected chi connectivity index (χ2v) is 7.80. The van der Waals surface area contributed by atoms with Gasteiger partial charge >= 0.3 is 0 Å². The number of piperidine rings is 1. The van der Waals surface area contributed by atoms with Crippen molar-refractivity contribution in [3.63, 3.8) is 0 Å². The van der Waals surface area contributed by atoms with Crippen LogP contribution in [0.5, 0.6) is 0 Å². The minimum atomic E-state index is -3.16. The Morgan fingerprint density at radius 2 is 1.90 bits per heavy atom. The van der Waals surface area contributed by atoms with Crippen molar-refractivity contribution < 1.29 is 13.2 Å². The first-order valence-corrected chi connectivity index (χ1v) is 9.26. The average Bonchev–Trinajstić information content (AvgIpc) is 2.85. The molecule has 1 heterocycles. The zero-order valence-electron chi connectivity index (χ0n) is 12.0. The fourth-order valence-electron chi connectivity index (χ4n) is 3.40. The van der Waals surface area contributed by atoms with Gasteiger partial charge in [-0.25, -0.2) is 13.1 Å². The fraction of sp³-hybridized carbons (Fsp3) is 0.923. The number of likely N-dealkylation sites (tertiary alicyclic amines) is 1. The quantitative estimate of drug-likeness (QED) is 0.758. The lowest BCUT2D eigenvalue weighted by molar-refractivity contribution is -0.137. The van der Waals surface area contributed by atoms with Crippen LogP contribution in [-0.2, 0) is 14.8 Å². The van der Waals surface area contributed by atoms with E-state index in [1.165, 1.54) is 6.26 Å². The molecule has 7 heteroatoms. The number of hydrogen-bond donors (Lipinski definition) is 2. The summed E-state index contributed by atoms with van der Waals surface area (Å²) in [6, 6.07) is -0.0390. The van der Waals surface area contributed by atoms with Gasteiger partial charge in [-0.3, -0.25) is 4.79 Å². The summed E-state index contributed by atoms with van der Waals surface area (Å²) in [4.78, 5) is 14.4. The maximum absolute atomic E-state index is 12.5. The predicted octanol–water partition coefficient (Wildman–Crippen LogP) is -0.0984. The molecule has 0 aromatic carbocycles. The van der Waals surface area contributed by atoms with E-state index >= 15 is 0 Å². The summed E-state index contributed by atoms with van der Waals surface area (Å²) in [5.74, 6) is 0.629. The molecule has 0 radical (unpaired) electrons. The summed E-state index contributed by atoms with van der Waals surface area (Å²) in [6.45, 7) is 1.86. The molecule has 0 aromatic rings. The Bertz CT molecular complexity index is 444. The van der Waals surface area contributed by atoms with Crippen LogP contribution in [0, 0.1) is 11.8 Å². The normalized spacial score (nSPS) is 28.8. The lowest BCUT2D eigenvalue weighted by Crippen LogP contribution is -2.48. The van der Waals surface area contributed by atoms with E-state index in [9.17, 15) is 13.2 Å². The minimum Gasteiger partial charge on any atom is -0.342 e. The van der Waals surface area contributed by atoms with E-state index in [1.54, 1.807) is 0 Å². The van der Waals surface area contributed by atoms with Gasteiger partial charge in [-0.2, -0.15) is 0 Å². The minimum absolute atomic E-state index is 0.0390. The fourth-order valence-corrected chi connectivity index (χ4v) is 4.24. The van der Waals surface area contributed by atoms with Crippen LogP contribution in [0.2, 0.25) is 0 Å². The van der Waals surface area contributed by atoms with E-state index in [0.717, 1.165) is 19.3 Å². The number of nitrogens with two attached hydrogens (primary N) is 1. The molecule has 0 spiro atoms. The van der Waals surface area contributed by atoms with Crippen LogP contribution in [0.1, 0.15) is 32.1 Å². The summed E-state index contributed by atoms with van der Waals surface area (Å²) < 4.78 is 25.0. The lowest BCUT2D eigenvalue weighted by Gasteiger charge is -2.34. The van der Waals surface area contributed by atoms with Crippen LogP contribution in [0.3, 0.4) is 0 Å². The highest BCUT2D eigenvalue weighted by atomic mass is 32.2. The van der Waals surface area contributed by atoms with Crippen molar-refractivity contribution in [2.45, 2.75) is 38.1 Å². The molecular formula is C13H25N3O3S. The Hall–Kier alpha value is -0.660. The first kappa shape index (κ1) is 15.7. The number of carbonyl (C=O) groups is 1. The van der Waals surface area contributed by atoms with E-state index in [0.29, 0.717) is 38.4 Å². The van der Waals surface area contributed by atoms with Crippen molar-refractivity contribution >= 4 is 15.9 Å². The van der Waals surface area contributed by atoms with Crippen molar-refractivity contribution in [1.29, 1.82) is 0 Å². The molecule has 6 nitrogen and oxygen atoms in total. The molecule has 1 aliphatic carbocycles. The number of hydrogen-bond acceptors (Lipinski definition) is 4. The summed E-state index contributed by atoms with van der Waals surface area (Å²) in [6.07, 6.45) is 5.65. The molecule has 2 unspecified atom stereocenters. The van der Waals surface area contributed by atoms with Gasteiger partial charge in [0.25, 0.3) is 0 Å². The molecule has 2 fully saturated rings. The van der Waals surface area contributed by atoms with E-state index in [4.69, 9.17) is 5.73 Å². The first-order valence-electron chi connectivity index (χ1n) is 7.37. The van der Waals surface area contributed by atoms with Crippen molar-refractivity contribution in [2.24, 2.45) is 17.6 Å². The Balaban J connectivity index is 1.86. The average molecular weight is 303 g/mol. The highest BCUT2D eigenvalue weighted by Crippen LogP contribution is 2.33. The summed E-state index contributed by atoms with van der Waals surface area (Å²) in [5, 5.41) is 0. The zero-order valence-corrected chi connectivity index (χ0v) is 12.9. The van der Waals surface area contributed by atoms with Gasteiger partial charge in [-0.15, -0.1) is 0 Å². The number of rotatable bonds is 4. The molecular weight excluding hydrogens is 278 g/mol. The smallest absolute Gasteiger partial charge is 0.226 e. The number of carbonyl (C=O) groups excluding carboxylic acids is 1.